The molecule has 1 nitrogen and oxygen atoms in total. The first-order valence-electron chi connectivity index (χ1n) is 6.76. The summed E-state index contributed by atoms with van der Waals surface area (Å²) in [5, 5.41) is 0. The van der Waals surface area contributed by atoms with E-state index in [1.165, 1.54) is 6.07 Å². The SMILES string of the molecule is CCCc1ccc(C(=O)C(F)(F)C(F)(F)F)c(CCC)c1. The van der Waals surface area contributed by atoms with Gasteiger partial charge in [0.15, 0.2) is 0 Å². The molecule has 0 aliphatic carbocycles. The van der Waals surface area contributed by atoms with Gasteiger partial charge >= 0.3 is 12.1 Å². The van der Waals surface area contributed by atoms with Crippen LogP contribution in [0.3, 0.4) is 0 Å². The predicted molar refractivity (Wildman–Crippen MR) is 69.8 cm³/mol. The molecule has 21 heavy (non-hydrogen) atoms. The van der Waals surface area contributed by atoms with E-state index in [1.807, 2.05) is 6.92 Å². The minimum Gasteiger partial charge on any atom is -0.287 e. The van der Waals surface area contributed by atoms with E-state index in [0.29, 0.717) is 12.8 Å². The monoisotopic (exact) mass is 308 g/mol. The molecule has 0 fully saturated rings. The second kappa shape index (κ2) is 6.54. The quantitative estimate of drug-likeness (QED) is 0.535. The summed E-state index contributed by atoms with van der Waals surface area (Å²) >= 11 is 0. The molecule has 0 aliphatic heterocycles. The molecule has 118 valence electrons. The van der Waals surface area contributed by atoms with Crippen LogP contribution in [-0.4, -0.2) is 17.9 Å². The van der Waals surface area contributed by atoms with Crippen molar-refractivity contribution in [2.45, 2.75) is 51.6 Å². The average Bonchev–Trinajstić information content (AvgIpc) is 2.38. The molecular formula is C15H17F5O. The lowest BCUT2D eigenvalue weighted by Crippen LogP contribution is -2.44. The number of alkyl halides is 5. The van der Waals surface area contributed by atoms with E-state index in [4.69, 9.17) is 0 Å². The van der Waals surface area contributed by atoms with Crippen LogP contribution >= 0.6 is 0 Å². The number of hydrogen-bond acceptors (Lipinski definition) is 1. The number of rotatable bonds is 6. The van der Waals surface area contributed by atoms with Crippen LogP contribution in [0.25, 0.3) is 0 Å². The van der Waals surface area contributed by atoms with Crippen molar-refractivity contribution in [3.63, 3.8) is 0 Å². The molecule has 6 heteroatoms. The topological polar surface area (TPSA) is 17.1 Å². The number of hydrogen-bond donors (Lipinski definition) is 0. The molecule has 1 rings (SSSR count). The minimum atomic E-state index is -5.88. The van der Waals surface area contributed by atoms with Gasteiger partial charge in [0.25, 0.3) is 0 Å². The summed E-state index contributed by atoms with van der Waals surface area (Å²) in [4.78, 5) is 11.6. The summed E-state index contributed by atoms with van der Waals surface area (Å²) in [5.41, 5.74) is 0.532. The Morgan fingerprint density at radius 3 is 2.05 bits per heavy atom. The van der Waals surface area contributed by atoms with Gasteiger partial charge in [0.2, 0.25) is 5.78 Å². The van der Waals surface area contributed by atoms with Crippen molar-refractivity contribution in [1.29, 1.82) is 0 Å². The maximum Gasteiger partial charge on any atom is 0.461 e. The molecular weight excluding hydrogens is 291 g/mol. The normalized spacial score (nSPS) is 12.5. The van der Waals surface area contributed by atoms with Crippen LogP contribution in [0.4, 0.5) is 22.0 Å². The summed E-state index contributed by atoms with van der Waals surface area (Å²) in [5.74, 6) is -7.54. The standard InChI is InChI=1S/C15H17F5O/c1-3-5-10-7-8-12(11(9-10)6-4-2)13(21)14(16,17)15(18,19)20/h7-9H,3-6H2,1-2H3. The third kappa shape index (κ3) is 3.80. The largest absolute Gasteiger partial charge is 0.461 e. The lowest BCUT2D eigenvalue weighted by molar-refractivity contribution is -0.255. The van der Waals surface area contributed by atoms with Crippen molar-refractivity contribution in [1.82, 2.24) is 0 Å². The first-order chi connectivity index (χ1) is 9.65. The predicted octanol–water partition coefficient (Wildman–Crippen LogP) is 4.97. The number of ketones is 1. The minimum absolute atomic E-state index is 0.248. The van der Waals surface area contributed by atoms with Crippen molar-refractivity contribution < 1.29 is 26.7 Å². The zero-order chi connectivity index (χ0) is 16.3. The molecule has 0 saturated heterocycles. The lowest BCUT2D eigenvalue weighted by Gasteiger charge is -2.20. The van der Waals surface area contributed by atoms with Gasteiger partial charge in [-0.15, -0.1) is 0 Å². The van der Waals surface area contributed by atoms with Gasteiger partial charge in [-0.25, -0.2) is 0 Å². The van der Waals surface area contributed by atoms with Gasteiger partial charge in [0.1, 0.15) is 0 Å². The molecule has 0 saturated carbocycles. The Morgan fingerprint density at radius 2 is 1.57 bits per heavy atom. The third-order valence-electron chi connectivity index (χ3n) is 3.11. The van der Waals surface area contributed by atoms with E-state index < -0.39 is 23.4 Å². The van der Waals surface area contributed by atoms with E-state index in [1.54, 1.807) is 13.0 Å². The maximum atomic E-state index is 13.2. The molecule has 0 atom stereocenters. The van der Waals surface area contributed by atoms with Crippen LogP contribution in [0.15, 0.2) is 18.2 Å². The van der Waals surface area contributed by atoms with Crippen molar-refractivity contribution >= 4 is 5.78 Å². The molecule has 0 N–H and O–H groups in total. The summed E-state index contributed by atoms with van der Waals surface area (Å²) in [6.45, 7) is 3.69. The fourth-order valence-electron chi connectivity index (χ4n) is 2.09. The van der Waals surface area contributed by atoms with Crippen molar-refractivity contribution in [2.24, 2.45) is 0 Å². The Hall–Kier alpha value is -1.46. The number of Topliss-reactive ketones (excluding diaryl/α,β-unsaturated/α-hetero) is 1. The van der Waals surface area contributed by atoms with Crippen LogP contribution in [-0.2, 0) is 12.8 Å². The van der Waals surface area contributed by atoms with Gasteiger partial charge in [-0.2, -0.15) is 22.0 Å². The fourth-order valence-corrected chi connectivity index (χ4v) is 2.09. The van der Waals surface area contributed by atoms with Crippen molar-refractivity contribution in [2.75, 3.05) is 0 Å². The Labute approximate surface area is 120 Å². The van der Waals surface area contributed by atoms with Crippen LogP contribution in [0.1, 0.15) is 48.2 Å². The smallest absolute Gasteiger partial charge is 0.287 e. The van der Waals surface area contributed by atoms with E-state index in [9.17, 15) is 26.7 Å². The first kappa shape index (κ1) is 17.6. The van der Waals surface area contributed by atoms with E-state index in [0.717, 1.165) is 18.1 Å². The van der Waals surface area contributed by atoms with Crippen molar-refractivity contribution in [3.05, 3.63) is 34.9 Å². The lowest BCUT2D eigenvalue weighted by atomic mass is 9.93. The summed E-state index contributed by atoms with van der Waals surface area (Å²) in [7, 11) is 0. The molecule has 0 spiro atoms. The zero-order valence-corrected chi connectivity index (χ0v) is 11.9. The number of carbonyl (C=O) groups is 1. The van der Waals surface area contributed by atoms with Gasteiger partial charge in [0.05, 0.1) is 0 Å². The number of aryl methyl sites for hydroxylation is 2. The molecule has 0 amide bonds. The van der Waals surface area contributed by atoms with Gasteiger partial charge in [0, 0.05) is 5.56 Å². The molecule has 0 aromatic heterocycles. The van der Waals surface area contributed by atoms with Gasteiger partial charge in [-0.05, 0) is 24.0 Å². The third-order valence-corrected chi connectivity index (χ3v) is 3.11. The Kier molecular flexibility index (Phi) is 5.48. The zero-order valence-electron chi connectivity index (χ0n) is 11.9. The second-order valence-corrected chi connectivity index (χ2v) is 4.89. The number of benzene rings is 1. The fraction of sp³-hybridized carbons (Fsp3) is 0.533. The molecule has 0 radical (unpaired) electrons. The maximum absolute atomic E-state index is 13.2. The van der Waals surface area contributed by atoms with E-state index in [-0.39, 0.29) is 12.0 Å². The highest BCUT2D eigenvalue weighted by Crippen LogP contribution is 2.38. The van der Waals surface area contributed by atoms with Gasteiger partial charge < -0.3 is 0 Å². The highest BCUT2D eigenvalue weighted by atomic mass is 19.4. The number of halogens is 5. The molecule has 0 unspecified atom stereocenters. The Bertz CT molecular complexity index is 505. The van der Waals surface area contributed by atoms with E-state index >= 15 is 0 Å². The van der Waals surface area contributed by atoms with E-state index in [2.05, 4.69) is 0 Å². The first-order valence-corrected chi connectivity index (χ1v) is 6.76. The summed E-state index contributed by atoms with van der Waals surface area (Å²) < 4.78 is 63.4. The Morgan fingerprint density at radius 1 is 1.00 bits per heavy atom. The molecule has 0 heterocycles. The van der Waals surface area contributed by atoms with Crippen LogP contribution in [0.5, 0.6) is 0 Å². The molecule has 1 aromatic rings. The highest BCUT2D eigenvalue weighted by Gasteiger charge is 2.63. The highest BCUT2D eigenvalue weighted by molar-refractivity contribution is 6.03. The molecule has 1 aromatic carbocycles. The van der Waals surface area contributed by atoms with Crippen LogP contribution in [0.2, 0.25) is 0 Å². The van der Waals surface area contributed by atoms with Gasteiger partial charge in [-0.3, -0.25) is 4.79 Å². The van der Waals surface area contributed by atoms with Crippen LogP contribution < -0.4 is 0 Å². The number of carbonyl (C=O) groups excluding carboxylic acids is 1. The molecule has 0 bridgehead atoms. The average molecular weight is 308 g/mol. The van der Waals surface area contributed by atoms with Gasteiger partial charge in [-0.1, -0.05) is 44.9 Å². The van der Waals surface area contributed by atoms with Crippen LogP contribution in [0, 0.1) is 0 Å². The van der Waals surface area contributed by atoms with Crippen molar-refractivity contribution in [3.8, 4) is 0 Å². The second-order valence-electron chi connectivity index (χ2n) is 4.89. The summed E-state index contributed by atoms with van der Waals surface area (Å²) in [6, 6.07) is 4.06. The molecule has 0 aliphatic rings. The Balaban J connectivity index is 3.26. The summed E-state index contributed by atoms with van der Waals surface area (Å²) in [6.07, 6.45) is -3.55.